The Bertz CT molecular complexity index is 1080. The number of nitrogens with zero attached hydrogens (tertiary/aromatic N) is 2. The first-order valence-corrected chi connectivity index (χ1v) is 14.2. The minimum absolute atomic E-state index is 0.153. The first kappa shape index (κ1) is 28.6. The van der Waals surface area contributed by atoms with E-state index in [2.05, 4.69) is 21.2 Å². The molecule has 0 bridgehead atoms. The van der Waals surface area contributed by atoms with Crippen LogP contribution in [0.3, 0.4) is 0 Å². The summed E-state index contributed by atoms with van der Waals surface area (Å²) in [6.45, 7) is 4.12. The van der Waals surface area contributed by atoms with Gasteiger partial charge in [0, 0.05) is 17.6 Å². The molecule has 2 rings (SSSR count). The summed E-state index contributed by atoms with van der Waals surface area (Å²) in [4.78, 5) is 28.1. The first-order valence-electron chi connectivity index (χ1n) is 11.5. The second-order valence-electron chi connectivity index (χ2n) is 8.18. The van der Waals surface area contributed by atoms with Crippen molar-refractivity contribution < 1.29 is 22.7 Å². The van der Waals surface area contributed by atoms with Gasteiger partial charge in [0.15, 0.2) is 0 Å². The smallest absolute Gasteiger partial charge is 0.244 e. The van der Waals surface area contributed by atoms with E-state index in [1.165, 1.54) is 4.90 Å². The van der Waals surface area contributed by atoms with Gasteiger partial charge in [-0.05, 0) is 54.8 Å². The van der Waals surface area contributed by atoms with Crippen molar-refractivity contribution in [3.63, 3.8) is 0 Å². The maximum Gasteiger partial charge on any atom is 0.244 e. The van der Waals surface area contributed by atoms with Crippen molar-refractivity contribution in [3.8, 4) is 5.75 Å². The van der Waals surface area contributed by atoms with E-state index in [4.69, 9.17) is 4.74 Å². The lowest BCUT2D eigenvalue weighted by Crippen LogP contribution is -2.52. The molecule has 0 spiro atoms. The lowest BCUT2D eigenvalue weighted by atomic mass is 10.1. The number of nitrogens with one attached hydrogen (secondary N) is 1. The van der Waals surface area contributed by atoms with Crippen LogP contribution in [0.25, 0.3) is 0 Å². The normalized spacial score (nSPS) is 12.0. The van der Waals surface area contributed by atoms with Crippen LogP contribution >= 0.6 is 15.9 Å². The van der Waals surface area contributed by atoms with Gasteiger partial charge in [-0.1, -0.05) is 48.3 Å². The maximum atomic E-state index is 13.6. The molecule has 2 aromatic carbocycles. The molecular weight excluding hydrogens is 534 g/mol. The first-order chi connectivity index (χ1) is 16.6. The molecule has 1 N–H and O–H groups in total. The topological polar surface area (TPSA) is 96.0 Å². The van der Waals surface area contributed by atoms with Gasteiger partial charge in [0.25, 0.3) is 0 Å². The third kappa shape index (κ3) is 8.54. The number of halogens is 1. The van der Waals surface area contributed by atoms with Gasteiger partial charge in [-0.15, -0.1) is 0 Å². The molecule has 0 heterocycles. The number of ether oxygens (including phenoxy) is 1. The Hall–Kier alpha value is -2.59. The summed E-state index contributed by atoms with van der Waals surface area (Å²) < 4.78 is 32.3. The second-order valence-corrected chi connectivity index (χ2v) is 11.0. The largest absolute Gasteiger partial charge is 0.497 e. The number of rotatable bonds is 13. The highest BCUT2D eigenvalue weighted by Crippen LogP contribution is 2.22. The van der Waals surface area contributed by atoms with E-state index in [0.717, 1.165) is 33.4 Å². The highest BCUT2D eigenvalue weighted by atomic mass is 79.9. The Balaban J connectivity index is 2.38. The number of amides is 2. The summed E-state index contributed by atoms with van der Waals surface area (Å²) in [5, 5.41) is 2.91. The number of carbonyl (C=O) groups excluding carboxylic acids is 2. The van der Waals surface area contributed by atoms with Gasteiger partial charge in [-0.2, -0.15) is 0 Å². The molecule has 0 aliphatic heterocycles. The third-order valence-corrected chi connectivity index (χ3v) is 7.19. The summed E-state index contributed by atoms with van der Waals surface area (Å²) in [7, 11) is -2.19. The van der Waals surface area contributed by atoms with Crippen molar-refractivity contribution >= 4 is 43.5 Å². The van der Waals surface area contributed by atoms with Crippen molar-refractivity contribution in [3.05, 3.63) is 58.6 Å². The average molecular weight is 569 g/mol. The number of carbonyl (C=O) groups is 2. The molecule has 0 aromatic heterocycles. The van der Waals surface area contributed by atoms with E-state index in [1.54, 1.807) is 43.5 Å². The molecule has 8 nitrogen and oxygen atoms in total. The second kappa shape index (κ2) is 13.5. The quantitative estimate of drug-likeness (QED) is 0.370. The summed E-state index contributed by atoms with van der Waals surface area (Å²) >= 11 is 3.34. The van der Waals surface area contributed by atoms with Crippen LogP contribution in [0.1, 0.15) is 38.7 Å². The Kier molecular flexibility index (Phi) is 11.0. The molecule has 0 saturated carbocycles. The minimum atomic E-state index is -3.76. The van der Waals surface area contributed by atoms with Gasteiger partial charge in [-0.25, -0.2) is 8.42 Å². The lowest BCUT2D eigenvalue weighted by molar-refractivity contribution is -0.140. The summed E-state index contributed by atoms with van der Waals surface area (Å²) in [6.07, 6.45) is 3.21. The molecule has 0 fully saturated rings. The van der Waals surface area contributed by atoms with Crippen LogP contribution in [-0.2, 0) is 26.2 Å². The number of unbranched alkanes of at least 4 members (excludes halogenated alkanes) is 1. The van der Waals surface area contributed by atoms with E-state index >= 15 is 0 Å². The number of hydrogen-bond acceptors (Lipinski definition) is 5. The standard InChI is InChI=1S/C25H34BrN3O5S/c1-5-7-16-27-25(31)23(6-2)28(17-19-8-14-22(34-3)15-9-19)24(30)18-29(35(4,32)33)21-12-10-20(26)11-13-21/h8-15,23H,5-7,16-18H2,1-4H3,(H,27,31). The molecule has 0 aliphatic carbocycles. The summed E-state index contributed by atoms with van der Waals surface area (Å²) in [5.41, 5.74) is 1.17. The molecule has 0 radical (unpaired) electrons. The molecule has 35 heavy (non-hydrogen) atoms. The number of sulfonamides is 1. The predicted octanol–water partition coefficient (Wildman–Crippen LogP) is 3.95. The SMILES string of the molecule is CCCCNC(=O)C(CC)N(Cc1ccc(OC)cc1)C(=O)CN(c1ccc(Br)cc1)S(C)(=O)=O. The maximum absolute atomic E-state index is 13.6. The van der Waals surface area contributed by atoms with E-state index in [9.17, 15) is 18.0 Å². The van der Waals surface area contributed by atoms with Gasteiger partial charge in [0.05, 0.1) is 19.1 Å². The van der Waals surface area contributed by atoms with Gasteiger partial charge in [-0.3, -0.25) is 13.9 Å². The van der Waals surface area contributed by atoms with E-state index in [1.807, 2.05) is 26.0 Å². The number of methoxy groups -OCH3 is 1. The molecular formula is C25H34BrN3O5S. The fraction of sp³-hybridized carbons (Fsp3) is 0.440. The third-order valence-electron chi connectivity index (χ3n) is 5.52. The van der Waals surface area contributed by atoms with Crippen molar-refractivity contribution in [2.45, 2.75) is 45.7 Å². The van der Waals surface area contributed by atoms with Gasteiger partial charge in [0.2, 0.25) is 21.8 Å². The molecule has 192 valence electrons. The fourth-order valence-corrected chi connectivity index (χ4v) is 4.69. The van der Waals surface area contributed by atoms with Crippen LogP contribution < -0.4 is 14.4 Å². The number of benzene rings is 2. The van der Waals surface area contributed by atoms with Crippen LogP contribution in [0.2, 0.25) is 0 Å². The zero-order valence-electron chi connectivity index (χ0n) is 20.7. The van der Waals surface area contributed by atoms with Gasteiger partial charge >= 0.3 is 0 Å². The molecule has 1 unspecified atom stereocenters. The highest BCUT2D eigenvalue weighted by molar-refractivity contribution is 9.10. The Morgan fingerprint density at radius 1 is 1.06 bits per heavy atom. The van der Waals surface area contributed by atoms with Crippen molar-refractivity contribution in [1.82, 2.24) is 10.2 Å². The van der Waals surface area contributed by atoms with E-state index in [0.29, 0.717) is 24.4 Å². The average Bonchev–Trinajstić information content (AvgIpc) is 2.83. The van der Waals surface area contributed by atoms with E-state index in [-0.39, 0.29) is 12.5 Å². The van der Waals surface area contributed by atoms with Crippen LogP contribution in [-0.4, -0.2) is 57.6 Å². The Morgan fingerprint density at radius 3 is 2.20 bits per heavy atom. The van der Waals surface area contributed by atoms with Crippen LogP contribution in [0.5, 0.6) is 5.75 Å². The van der Waals surface area contributed by atoms with Gasteiger partial charge in [0.1, 0.15) is 18.3 Å². The fourth-order valence-electron chi connectivity index (χ4n) is 3.57. The molecule has 2 aromatic rings. The van der Waals surface area contributed by atoms with Crippen molar-refractivity contribution in [2.75, 3.05) is 30.8 Å². The monoisotopic (exact) mass is 567 g/mol. The minimum Gasteiger partial charge on any atom is -0.497 e. The summed E-state index contributed by atoms with van der Waals surface area (Å²) in [5.74, 6) is -0.0431. The van der Waals surface area contributed by atoms with Crippen molar-refractivity contribution in [1.29, 1.82) is 0 Å². The molecule has 1 atom stereocenters. The van der Waals surface area contributed by atoms with Crippen LogP contribution in [0.15, 0.2) is 53.0 Å². The summed E-state index contributed by atoms with van der Waals surface area (Å²) in [6, 6.07) is 13.1. The van der Waals surface area contributed by atoms with Crippen LogP contribution in [0.4, 0.5) is 5.69 Å². The number of anilines is 1. The zero-order valence-corrected chi connectivity index (χ0v) is 23.1. The predicted molar refractivity (Wildman–Crippen MR) is 142 cm³/mol. The molecule has 0 aliphatic rings. The number of hydrogen-bond donors (Lipinski definition) is 1. The highest BCUT2D eigenvalue weighted by Gasteiger charge is 2.31. The Labute approximate surface area is 216 Å². The van der Waals surface area contributed by atoms with Crippen molar-refractivity contribution in [2.24, 2.45) is 0 Å². The molecule has 10 heteroatoms. The zero-order chi connectivity index (χ0) is 26.0. The van der Waals surface area contributed by atoms with E-state index < -0.39 is 28.5 Å². The Morgan fingerprint density at radius 2 is 1.69 bits per heavy atom. The lowest BCUT2D eigenvalue weighted by Gasteiger charge is -2.33. The molecule has 0 saturated heterocycles. The molecule has 2 amide bonds. The van der Waals surface area contributed by atoms with Crippen LogP contribution in [0, 0.1) is 0 Å². The van der Waals surface area contributed by atoms with Gasteiger partial charge < -0.3 is 15.0 Å².